The minimum atomic E-state index is -0.211. The molecule has 0 aliphatic carbocycles. The van der Waals surface area contributed by atoms with Gasteiger partial charge in [0.05, 0.1) is 25.6 Å². The standard InChI is InChI=1S/C14H16N2O2/c1-11(8-14(17)18-2)16-9-13(15-10-16)12-6-4-3-5-7-12/h3-7,9-11H,8H2,1-2H3. The van der Waals surface area contributed by atoms with Crippen molar-refractivity contribution in [3.05, 3.63) is 42.9 Å². The summed E-state index contributed by atoms with van der Waals surface area (Å²) >= 11 is 0. The van der Waals surface area contributed by atoms with Gasteiger partial charge in [-0.15, -0.1) is 0 Å². The number of rotatable bonds is 4. The van der Waals surface area contributed by atoms with Crippen molar-refractivity contribution in [1.29, 1.82) is 0 Å². The van der Waals surface area contributed by atoms with Gasteiger partial charge < -0.3 is 9.30 Å². The summed E-state index contributed by atoms with van der Waals surface area (Å²) in [7, 11) is 1.40. The van der Waals surface area contributed by atoms with E-state index in [1.54, 1.807) is 6.33 Å². The molecule has 4 nitrogen and oxygen atoms in total. The van der Waals surface area contributed by atoms with Gasteiger partial charge in [-0.2, -0.15) is 0 Å². The van der Waals surface area contributed by atoms with Gasteiger partial charge in [0.1, 0.15) is 0 Å². The van der Waals surface area contributed by atoms with Crippen molar-refractivity contribution >= 4 is 5.97 Å². The lowest BCUT2D eigenvalue weighted by Gasteiger charge is -2.10. The minimum absolute atomic E-state index is 0.0439. The highest BCUT2D eigenvalue weighted by molar-refractivity contribution is 5.69. The van der Waals surface area contributed by atoms with Crippen LogP contribution in [0.1, 0.15) is 19.4 Å². The molecule has 0 saturated carbocycles. The molecular weight excluding hydrogens is 228 g/mol. The summed E-state index contributed by atoms with van der Waals surface area (Å²) in [5.41, 5.74) is 1.98. The Hall–Kier alpha value is -2.10. The van der Waals surface area contributed by atoms with Crippen molar-refractivity contribution in [1.82, 2.24) is 9.55 Å². The first-order chi connectivity index (χ1) is 8.70. The number of esters is 1. The van der Waals surface area contributed by atoms with Crippen molar-refractivity contribution in [2.24, 2.45) is 0 Å². The highest BCUT2D eigenvalue weighted by Gasteiger charge is 2.12. The summed E-state index contributed by atoms with van der Waals surface area (Å²) in [6.07, 6.45) is 4.04. The highest BCUT2D eigenvalue weighted by Crippen LogP contribution is 2.19. The molecule has 18 heavy (non-hydrogen) atoms. The topological polar surface area (TPSA) is 44.1 Å². The summed E-state index contributed by atoms with van der Waals surface area (Å²) < 4.78 is 6.59. The molecule has 0 radical (unpaired) electrons. The zero-order valence-corrected chi connectivity index (χ0v) is 10.5. The fourth-order valence-electron chi connectivity index (χ4n) is 1.77. The monoisotopic (exact) mass is 244 g/mol. The molecule has 1 unspecified atom stereocenters. The second-order valence-electron chi connectivity index (χ2n) is 4.20. The predicted octanol–water partition coefficient (Wildman–Crippen LogP) is 2.67. The highest BCUT2D eigenvalue weighted by atomic mass is 16.5. The molecule has 0 N–H and O–H groups in total. The lowest BCUT2D eigenvalue weighted by Crippen LogP contribution is -2.10. The van der Waals surface area contributed by atoms with Gasteiger partial charge in [-0.05, 0) is 6.92 Å². The maximum Gasteiger partial charge on any atom is 0.307 e. The van der Waals surface area contributed by atoms with Crippen LogP contribution in [0.2, 0.25) is 0 Å². The van der Waals surface area contributed by atoms with Gasteiger partial charge in [0.25, 0.3) is 0 Å². The molecule has 0 amide bonds. The number of methoxy groups -OCH3 is 1. The van der Waals surface area contributed by atoms with E-state index in [1.807, 2.05) is 48.0 Å². The van der Waals surface area contributed by atoms with Crippen molar-refractivity contribution < 1.29 is 9.53 Å². The van der Waals surface area contributed by atoms with Crippen molar-refractivity contribution in [3.8, 4) is 11.3 Å². The number of benzene rings is 1. The molecule has 1 aromatic carbocycles. The van der Waals surface area contributed by atoms with E-state index in [-0.39, 0.29) is 12.0 Å². The van der Waals surface area contributed by atoms with Crippen LogP contribution in [0.25, 0.3) is 11.3 Å². The van der Waals surface area contributed by atoms with Crippen LogP contribution < -0.4 is 0 Å². The Labute approximate surface area is 106 Å². The van der Waals surface area contributed by atoms with Crippen LogP contribution in [0.15, 0.2) is 42.9 Å². The Balaban J connectivity index is 2.13. The first kappa shape index (κ1) is 12.4. The van der Waals surface area contributed by atoms with Gasteiger partial charge in [-0.1, -0.05) is 30.3 Å². The van der Waals surface area contributed by atoms with Crippen molar-refractivity contribution in [2.75, 3.05) is 7.11 Å². The number of hydrogen-bond donors (Lipinski definition) is 0. The number of nitrogens with zero attached hydrogens (tertiary/aromatic N) is 2. The van der Waals surface area contributed by atoms with E-state index in [1.165, 1.54) is 7.11 Å². The number of hydrogen-bond acceptors (Lipinski definition) is 3. The molecule has 0 bridgehead atoms. The molecule has 94 valence electrons. The normalized spacial score (nSPS) is 12.1. The van der Waals surface area contributed by atoms with E-state index < -0.39 is 0 Å². The summed E-state index contributed by atoms with van der Waals surface area (Å²) in [5.74, 6) is -0.211. The van der Waals surface area contributed by atoms with E-state index in [9.17, 15) is 4.79 Å². The Morgan fingerprint density at radius 2 is 2.11 bits per heavy atom. The predicted molar refractivity (Wildman–Crippen MR) is 69.0 cm³/mol. The van der Waals surface area contributed by atoms with Crippen LogP contribution in [-0.4, -0.2) is 22.6 Å². The van der Waals surface area contributed by atoms with Crippen LogP contribution >= 0.6 is 0 Å². The molecule has 0 saturated heterocycles. The first-order valence-electron chi connectivity index (χ1n) is 5.86. The summed E-state index contributed by atoms with van der Waals surface area (Å²) in [6.45, 7) is 1.97. The fraction of sp³-hybridized carbons (Fsp3) is 0.286. The van der Waals surface area contributed by atoms with Gasteiger partial charge >= 0.3 is 5.97 Å². The van der Waals surface area contributed by atoms with E-state index in [2.05, 4.69) is 9.72 Å². The number of aromatic nitrogens is 2. The lowest BCUT2D eigenvalue weighted by atomic mass is 10.2. The second-order valence-corrected chi connectivity index (χ2v) is 4.20. The third kappa shape index (κ3) is 2.77. The molecule has 1 aromatic heterocycles. The molecular formula is C14H16N2O2. The Bertz CT molecular complexity index is 520. The molecule has 0 aliphatic rings. The lowest BCUT2D eigenvalue weighted by molar-refractivity contribution is -0.141. The first-order valence-corrected chi connectivity index (χ1v) is 5.86. The van der Waals surface area contributed by atoms with E-state index in [4.69, 9.17) is 0 Å². The molecule has 0 fully saturated rings. The molecule has 2 aromatic rings. The zero-order valence-electron chi connectivity index (χ0n) is 10.5. The van der Waals surface area contributed by atoms with E-state index in [0.717, 1.165) is 11.3 Å². The van der Waals surface area contributed by atoms with Gasteiger partial charge in [0.15, 0.2) is 0 Å². The van der Waals surface area contributed by atoms with Crippen molar-refractivity contribution in [3.63, 3.8) is 0 Å². The number of imidazole rings is 1. The Morgan fingerprint density at radius 3 is 2.78 bits per heavy atom. The maximum absolute atomic E-state index is 11.2. The second kappa shape index (κ2) is 5.49. The summed E-state index contributed by atoms with van der Waals surface area (Å²) in [6, 6.07) is 10.00. The Kier molecular flexibility index (Phi) is 3.77. The molecule has 0 spiro atoms. The van der Waals surface area contributed by atoms with Gasteiger partial charge in [-0.3, -0.25) is 4.79 Å². The van der Waals surface area contributed by atoms with E-state index in [0.29, 0.717) is 6.42 Å². The SMILES string of the molecule is COC(=O)CC(C)n1cnc(-c2ccccc2)c1. The van der Waals surface area contributed by atoms with Gasteiger partial charge in [-0.25, -0.2) is 4.98 Å². The molecule has 2 rings (SSSR count). The van der Waals surface area contributed by atoms with Gasteiger partial charge in [0, 0.05) is 17.8 Å². The third-order valence-corrected chi connectivity index (χ3v) is 2.87. The summed E-state index contributed by atoms with van der Waals surface area (Å²) in [5, 5.41) is 0. The number of carbonyl (C=O) groups excluding carboxylic acids is 1. The fourth-order valence-corrected chi connectivity index (χ4v) is 1.77. The quantitative estimate of drug-likeness (QED) is 0.777. The number of ether oxygens (including phenoxy) is 1. The average Bonchev–Trinajstić information content (AvgIpc) is 2.89. The zero-order chi connectivity index (χ0) is 13.0. The van der Waals surface area contributed by atoms with E-state index >= 15 is 0 Å². The smallest absolute Gasteiger partial charge is 0.307 e. The van der Waals surface area contributed by atoms with Crippen LogP contribution in [0.4, 0.5) is 0 Å². The third-order valence-electron chi connectivity index (χ3n) is 2.87. The molecule has 4 heteroatoms. The van der Waals surface area contributed by atoms with Crippen LogP contribution in [0.5, 0.6) is 0 Å². The van der Waals surface area contributed by atoms with Crippen LogP contribution in [0.3, 0.4) is 0 Å². The molecule has 0 aliphatic heterocycles. The maximum atomic E-state index is 11.2. The molecule has 1 heterocycles. The largest absolute Gasteiger partial charge is 0.469 e. The molecule has 1 atom stereocenters. The Morgan fingerprint density at radius 1 is 1.39 bits per heavy atom. The van der Waals surface area contributed by atoms with Crippen LogP contribution in [0, 0.1) is 0 Å². The summed E-state index contributed by atoms with van der Waals surface area (Å²) in [4.78, 5) is 15.6. The number of carbonyl (C=O) groups is 1. The minimum Gasteiger partial charge on any atom is -0.469 e. The van der Waals surface area contributed by atoms with Crippen molar-refractivity contribution in [2.45, 2.75) is 19.4 Å². The van der Waals surface area contributed by atoms with Gasteiger partial charge in [0.2, 0.25) is 0 Å². The van der Waals surface area contributed by atoms with Crippen LogP contribution in [-0.2, 0) is 9.53 Å². The average molecular weight is 244 g/mol.